The summed E-state index contributed by atoms with van der Waals surface area (Å²) < 4.78 is 32.3. The zero-order valence-electron chi connectivity index (χ0n) is 17.9. The van der Waals surface area contributed by atoms with Crippen LogP contribution >= 0.6 is 11.3 Å². The highest BCUT2D eigenvalue weighted by Gasteiger charge is 2.53. The molecule has 172 valence electrons. The molecule has 2 fully saturated rings. The van der Waals surface area contributed by atoms with Gasteiger partial charge in [0.2, 0.25) is 21.8 Å². The van der Waals surface area contributed by atoms with E-state index in [2.05, 4.69) is 25.0 Å². The Morgan fingerprint density at radius 2 is 1.94 bits per heavy atom. The van der Waals surface area contributed by atoms with Crippen LogP contribution in [0.15, 0.2) is 42.0 Å². The third-order valence-electron chi connectivity index (χ3n) is 5.72. The van der Waals surface area contributed by atoms with Crippen LogP contribution in [0.5, 0.6) is 5.88 Å². The van der Waals surface area contributed by atoms with Crippen LogP contribution < -0.4 is 14.8 Å². The molecule has 0 radical (unpaired) electrons. The van der Waals surface area contributed by atoms with Crippen LogP contribution in [0, 0.1) is 0 Å². The van der Waals surface area contributed by atoms with Gasteiger partial charge in [-0.3, -0.25) is 14.5 Å². The average molecular weight is 486 g/mol. The number of nitrogens with one attached hydrogen (secondary N) is 2. The van der Waals surface area contributed by atoms with Crippen LogP contribution in [0.25, 0.3) is 11.3 Å². The van der Waals surface area contributed by atoms with Crippen LogP contribution in [0.1, 0.15) is 38.3 Å². The molecule has 1 amide bonds. The summed E-state index contributed by atoms with van der Waals surface area (Å²) in [4.78, 5) is 26.1. The number of amides is 1. The Hall–Kier alpha value is -3.05. The van der Waals surface area contributed by atoms with Crippen molar-refractivity contribution < 1.29 is 17.9 Å². The van der Waals surface area contributed by atoms with Gasteiger partial charge in [0.15, 0.2) is 5.13 Å². The highest BCUT2D eigenvalue weighted by atomic mass is 32.2. The Bertz CT molecular complexity index is 1280. The van der Waals surface area contributed by atoms with E-state index in [0.29, 0.717) is 60.4 Å². The largest absolute Gasteiger partial charge is 0.477 e. The molecule has 0 spiro atoms. The summed E-state index contributed by atoms with van der Waals surface area (Å²) in [6, 6.07) is 7.36. The number of carbonyl (C=O) groups is 1. The zero-order chi connectivity index (χ0) is 23.1. The summed E-state index contributed by atoms with van der Waals surface area (Å²) in [5.74, 6) is 0.320. The van der Waals surface area contributed by atoms with E-state index in [1.807, 2.05) is 31.2 Å². The molecule has 3 aromatic rings. The number of anilines is 2. The maximum atomic E-state index is 13.1. The first-order valence-corrected chi connectivity index (χ1v) is 13.2. The summed E-state index contributed by atoms with van der Waals surface area (Å²) in [7, 11) is -3.37. The van der Waals surface area contributed by atoms with E-state index >= 15 is 0 Å². The molecule has 2 aromatic heterocycles. The first-order chi connectivity index (χ1) is 15.9. The molecule has 5 rings (SSSR count). The second-order valence-electron chi connectivity index (χ2n) is 8.17. The lowest BCUT2D eigenvalue weighted by molar-refractivity contribution is -0.118. The number of nitrogens with zero attached hydrogens (tertiary/aromatic N) is 3. The molecule has 0 aliphatic heterocycles. The Balaban J connectivity index is 1.26. The van der Waals surface area contributed by atoms with E-state index in [9.17, 15) is 13.2 Å². The molecular weight excluding hydrogens is 462 g/mol. The Morgan fingerprint density at radius 1 is 1.18 bits per heavy atom. The number of sulfonamides is 1. The van der Waals surface area contributed by atoms with Gasteiger partial charge in [0, 0.05) is 16.6 Å². The van der Waals surface area contributed by atoms with Crippen LogP contribution in [-0.4, -0.2) is 41.1 Å². The predicted octanol–water partition coefficient (Wildman–Crippen LogP) is 3.57. The van der Waals surface area contributed by atoms with Crippen LogP contribution in [0.3, 0.4) is 0 Å². The number of ether oxygens (including phenoxy) is 1. The number of benzene rings is 1. The van der Waals surface area contributed by atoms with Gasteiger partial charge in [-0.1, -0.05) is 12.1 Å². The number of aromatic nitrogens is 3. The minimum absolute atomic E-state index is 0.143. The van der Waals surface area contributed by atoms with Gasteiger partial charge in [0.05, 0.1) is 41.1 Å². The van der Waals surface area contributed by atoms with Gasteiger partial charge >= 0.3 is 0 Å². The highest BCUT2D eigenvalue weighted by molar-refractivity contribution is 7.93. The van der Waals surface area contributed by atoms with E-state index in [1.54, 1.807) is 17.8 Å². The molecule has 2 N–H and O–H groups in total. The van der Waals surface area contributed by atoms with Crippen LogP contribution in [0.4, 0.5) is 10.8 Å². The number of hydrogen-bond donors (Lipinski definition) is 2. The van der Waals surface area contributed by atoms with E-state index in [-0.39, 0.29) is 11.2 Å². The van der Waals surface area contributed by atoms with Crippen molar-refractivity contribution >= 4 is 38.1 Å². The van der Waals surface area contributed by atoms with Crippen molar-refractivity contribution in [3.8, 4) is 17.1 Å². The van der Waals surface area contributed by atoms with E-state index < -0.39 is 15.4 Å². The standard InChI is InChI=1S/C22H23N5O4S2/c1-2-31-19-12-23-11-17(25-19)14-3-5-15(6-4-14)24-20(28)22(9-10-22)18-13-32-21(26-18)27-33(29,30)16-7-8-16/h3-6,11-13,16H,2,7-10H2,1H3,(H,24,28)(H,26,27). The Kier molecular flexibility index (Phi) is 5.53. The number of thiazole rings is 1. The molecule has 11 heteroatoms. The van der Waals surface area contributed by atoms with E-state index in [4.69, 9.17) is 4.74 Å². The van der Waals surface area contributed by atoms with Crippen molar-refractivity contribution in [2.24, 2.45) is 0 Å². The molecule has 0 saturated heterocycles. The van der Waals surface area contributed by atoms with Gasteiger partial charge in [-0.25, -0.2) is 18.4 Å². The van der Waals surface area contributed by atoms with Crippen molar-refractivity contribution in [3.05, 3.63) is 47.7 Å². The summed E-state index contributed by atoms with van der Waals surface area (Å²) >= 11 is 1.21. The van der Waals surface area contributed by atoms with Crippen molar-refractivity contribution in [1.82, 2.24) is 15.0 Å². The smallest absolute Gasteiger partial charge is 0.237 e. The minimum Gasteiger partial charge on any atom is -0.477 e. The highest BCUT2D eigenvalue weighted by Crippen LogP contribution is 2.49. The first-order valence-electron chi connectivity index (χ1n) is 10.7. The second-order valence-corrected chi connectivity index (χ2v) is 11.0. The van der Waals surface area contributed by atoms with Crippen molar-refractivity contribution in [3.63, 3.8) is 0 Å². The van der Waals surface area contributed by atoms with E-state index in [1.165, 1.54) is 11.3 Å². The normalized spacial score (nSPS) is 16.8. The summed E-state index contributed by atoms with van der Waals surface area (Å²) in [6.45, 7) is 2.40. The molecular formula is C22H23N5O4S2. The molecule has 33 heavy (non-hydrogen) atoms. The van der Waals surface area contributed by atoms with Gasteiger partial charge in [-0.2, -0.15) is 0 Å². The van der Waals surface area contributed by atoms with E-state index in [0.717, 1.165) is 5.56 Å². The fourth-order valence-corrected chi connectivity index (χ4v) is 5.93. The zero-order valence-corrected chi connectivity index (χ0v) is 19.6. The van der Waals surface area contributed by atoms with Gasteiger partial charge in [0.25, 0.3) is 0 Å². The maximum absolute atomic E-state index is 13.1. The van der Waals surface area contributed by atoms with Crippen molar-refractivity contribution in [2.75, 3.05) is 16.6 Å². The number of rotatable bonds is 9. The Morgan fingerprint density at radius 3 is 2.61 bits per heavy atom. The first kappa shape index (κ1) is 21.8. The monoisotopic (exact) mass is 485 g/mol. The molecule has 0 bridgehead atoms. The summed E-state index contributed by atoms with van der Waals surface area (Å²) in [6.07, 6.45) is 5.95. The Labute approximate surface area is 195 Å². The van der Waals surface area contributed by atoms with Crippen LogP contribution in [0.2, 0.25) is 0 Å². The molecule has 9 nitrogen and oxygen atoms in total. The fraction of sp³-hybridized carbons (Fsp3) is 0.364. The average Bonchev–Trinajstić information content (AvgIpc) is 3.73. The van der Waals surface area contributed by atoms with Crippen LogP contribution in [-0.2, 0) is 20.2 Å². The lowest BCUT2D eigenvalue weighted by Crippen LogP contribution is -2.28. The van der Waals surface area contributed by atoms with Gasteiger partial charge in [-0.05, 0) is 44.7 Å². The third kappa shape index (κ3) is 4.55. The molecule has 2 aliphatic carbocycles. The van der Waals surface area contributed by atoms with Crippen molar-refractivity contribution in [1.29, 1.82) is 0 Å². The third-order valence-corrected chi connectivity index (χ3v) is 8.43. The number of carbonyl (C=O) groups excluding carboxylic acids is 1. The quantitative estimate of drug-likeness (QED) is 0.475. The topological polar surface area (TPSA) is 123 Å². The van der Waals surface area contributed by atoms with Gasteiger partial charge in [-0.15, -0.1) is 11.3 Å². The SMILES string of the molecule is CCOc1cncc(-c2ccc(NC(=O)C3(c4csc(NS(=O)(=O)C5CC5)n4)CC3)cc2)n1. The van der Waals surface area contributed by atoms with Crippen molar-refractivity contribution in [2.45, 2.75) is 43.3 Å². The number of hydrogen-bond acceptors (Lipinski definition) is 8. The van der Waals surface area contributed by atoms with Gasteiger partial charge < -0.3 is 10.1 Å². The molecule has 2 saturated carbocycles. The summed E-state index contributed by atoms with van der Waals surface area (Å²) in [5.41, 5.74) is 2.10. The predicted molar refractivity (Wildman–Crippen MR) is 126 cm³/mol. The van der Waals surface area contributed by atoms with Gasteiger partial charge in [0.1, 0.15) is 0 Å². The molecule has 2 aliphatic rings. The molecule has 0 atom stereocenters. The molecule has 2 heterocycles. The lowest BCUT2D eigenvalue weighted by atomic mass is 10.0. The lowest BCUT2D eigenvalue weighted by Gasteiger charge is -2.13. The minimum atomic E-state index is -3.37. The molecule has 0 unspecified atom stereocenters. The maximum Gasteiger partial charge on any atom is 0.237 e. The fourth-order valence-electron chi connectivity index (χ4n) is 3.53. The second kappa shape index (κ2) is 8.38. The molecule has 1 aromatic carbocycles. The summed E-state index contributed by atoms with van der Waals surface area (Å²) in [5, 5.41) is 4.73.